The van der Waals surface area contributed by atoms with Crippen LogP contribution in [0.2, 0.25) is 0 Å². The number of hydrogen-bond acceptors (Lipinski definition) is 3. The van der Waals surface area contributed by atoms with Crippen molar-refractivity contribution >= 4 is 17.6 Å². The Morgan fingerprint density at radius 3 is 2.23 bits per heavy atom. The number of amides is 1. The molecule has 136 valence electrons. The Labute approximate surface area is 153 Å². The molecule has 0 aliphatic carbocycles. The summed E-state index contributed by atoms with van der Waals surface area (Å²) >= 11 is 0. The highest BCUT2D eigenvalue weighted by Crippen LogP contribution is 2.36. The van der Waals surface area contributed by atoms with Gasteiger partial charge in [-0.1, -0.05) is 42.5 Å². The maximum Gasteiger partial charge on any atom is 0.310 e. The molecule has 2 aromatic carbocycles. The molecule has 0 radical (unpaired) electrons. The zero-order valence-electron chi connectivity index (χ0n) is 14.8. The van der Waals surface area contributed by atoms with Gasteiger partial charge in [0.15, 0.2) is 0 Å². The van der Waals surface area contributed by atoms with E-state index in [1.807, 2.05) is 30.3 Å². The van der Waals surface area contributed by atoms with Crippen molar-refractivity contribution in [3.05, 3.63) is 65.7 Å². The SMILES string of the molecule is CC(C(=O)O)c1ccc(NC(=O)C2(c3ccccc3)CCOCC2)cc1. The van der Waals surface area contributed by atoms with Crippen molar-refractivity contribution < 1.29 is 19.4 Å². The molecule has 0 bridgehead atoms. The summed E-state index contributed by atoms with van der Waals surface area (Å²) in [4.78, 5) is 24.2. The lowest BCUT2D eigenvalue weighted by Crippen LogP contribution is -2.44. The van der Waals surface area contributed by atoms with Crippen LogP contribution in [0.4, 0.5) is 5.69 Å². The molecule has 1 saturated heterocycles. The summed E-state index contributed by atoms with van der Waals surface area (Å²) in [5.74, 6) is -1.50. The molecule has 5 nitrogen and oxygen atoms in total. The Morgan fingerprint density at radius 2 is 1.65 bits per heavy atom. The third kappa shape index (κ3) is 3.63. The quantitative estimate of drug-likeness (QED) is 0.862. The Kier molecular flexibility index (Phi) is 5.38. The first-order valence-corrected chi connectivity index (χ1v) is 8.80. The number of nitrogens with one attached hydrogen (secondary N) is 1. The summed E-state index contributed by atoms with van der Waals surface area (Å²) in [5.41, 5.74) is 1.77. The first kappa shape index (κ1) is 18.1. The lowest BCUT2D eigenvalue weighted by atomic mass is 9.73. The van der Waals surface area contributed by atoms with E-state index in [0.29, 0.717) is 37.3 Å². The number of carbonyl (C=O) groups is 2. The van der Waals surface area contributed by atoms with Gasteiger partial charge in [0.05, 0.1) is 11.3 Å². The van der Waals surface area contributed by atoms with Crippen LogP contribution in [-0.4, -0.2) is 30.2 Å². The molecular weight excluding hydrogens is 330 g/mol. The number of anilines is 1. The van der Waals surface area contributed by atoms with Gasteiger partial charge in [-0.05, 0) is 43.0 Å². The van der Waals surface area contributed by atoms with Crippen LogP contribution in [0.1, 0.15) is 36.8 Å². The van der Waals surface area contributed by atoms with Crippen LogP contribution in [0, 0.1) is 0 Å². The van der Waals surface area contributed by atoms with Crippen molar-refractivity contribution in [1.29, 1.82) is 0 Å². The number of carboxylic acid groups (broad SMARTS) is 1. The molecule has 5 heteroatoms. The lowest BCUT2D eigenvalue weighted by Gasteiger charge is -2.36. The fourth-order valence-corrected chi connectivity index (χ4v) is 3.37. The lowest BCUT2D eigenvalue weighted by molar-refractivity contribution is -0.138. The van der Waals surface area contributed by atoms with Gasteiger partial charge >= 0.3 is 5.97 Å². The second-order valence-corrected chi connectivity index (χ2v) is 6.70. The van der Waals surface area contributed by atoms with E-state index in [1.54, 1.807) is 31.2 Å². The Hall–Kier alpha value is -2.66. The molecule has 2 aromatic rings. The van der Waals surface area contributed by atoms with Crippen molar-refractivity contribution in [2.24, 2.45) is 0 Å². The summed E-state index contributed by atoms with van der Waals surface area (Å²) in [6, 6.07) is 16.8. The molecule has 1 aliphatic rings. The number of hydrogen-bond donors (Lipinski definition) is 2. The minimum atomic E-state index is -0.868. The zero-order chi connectivity index (χ0) is 18.6. The van der Waals surface area contributed by atoms with Gasteiger partial charge in [0, 0.05) is 18.9 Å². The van der Waals surface area contributed by atoms with E-state index in [1.165, 1.54) is 0 Å². The van der Waals surface area contributed by atoms with Crippen LogP contribution in [0.5, 0.6) is 0 Å². The van der Waals surface area contributed by atoms with E-state index in [9.17, 15) is 9.59 Å². The van der Waals surface area contributed by atoms with Crippen LogP contribution >= 0.6 is 0 Å². The largest absolute Gasteiger partial charge is 0.481 e. The van der Waals surface area contributed by atoms with Gasteiger partial charge in [-0.25, -0.2) is 0 Å². The van der Waals surface area contributed by atoms with Crippen LogP contribution in [-0.2, 0) is 19.7 Å². The van der Waals surface area contributed by atoms with Gasteiger partial charge in [-0.15, -0.1) is 0 Å². The molecule has 1 unspecified atom stereocenters. The van der Waals surface area contributed by atoms with E-state index in [-0.39, 0.29) is 5.91 Å². The number of carbonyl (C=O) groups excluding carboxylic acids is 1. The molecule has 1 amide bonds. The molecule has 26 heavy (non-hydrogen) atoms. The zero-order valence-corrected chi connectivity index (χ0v) is 14.8. The first-order chi connectivity index (χ1) is 12.5. The van der Waals surface area contributed by atoms with Crippen molar-refractivity contribution in [2.45, 2.75) is 31.1 Å². The molecule has 1 heterocycles. The van der Waals surface area contributed by atoms with Crippen molar-refractivity contribution in [3.63, 3.8) is 0 Å². The average molecular weight is 353 g/mol. The maximum absolute atomic E-state index is 13.2. The smallest absolute Gasteiger partial charge is 0.310 e. The Balaban J connectivity index is 1.81. The first-order valence-electron chi connectivity index (χ1n) is 8.80. The molecule has 3 rings (SSSR count). The summed E-state index contributed by atoms with van der Waals surface area (Å²) in [6.45, 7) is 2.75. The highest BCUT2D eigenvalue weighted by atomic mass is 16.5. The van der Waals surface area contributed by atoms with Crippen LogP contribution in [0.15, 0.2) is 54.6 Å². The van der Waals surface area contributed by atoms with E-state index in [4.69, 9.17) is 9.84 Å². The van der Waals surface area contributed by atoms with Gasteiger partial charge < -0.3 is 15.2 Å². The standard InChI is InChI=1S/C21H23NO4/c1-15(19(23)24)16-7-9-18(10-8-16)22-20(25)21(11-13-26-14-12-21)17-5-3-2-4-6-17/h2-10,15H,11-14H2,1H3,(H,22,25)(H,23,24). The second-order valence-electron chi connectivity index (χ2n) is 6.70. The van der Waals surface area contributed by atoms with Crippen LogP contribution in [0.25, 0.3) is 0 Å². The maximum atomic E-state index is 13.2. The average Bonchev–Trinajstić information content (AvgIpc) is 2.69. The molecule has 0 saturated carbocycles. The summed E-state index contributed by atoms with van der Waals surface area (Å²) in [7, 11) is 0. The topological polar surface area (TPSA) is 75.6 Å². The summed E-state index contributed by atoms with van der Waals surface area (Å²) < 4.78 is 5.48. The van der Waals surface area contributed by atoms with Crippen molar-refractivity contribution in [1.82, 2.24) is 0 Å². The fraction of sp³-hybridized carbons (Fsp3) is 0.333. The highest BCUT2D eigenvalue weighted by molar-refractivity contribution is 5.99. The second kappa shape index (κ2) is 7.70. The summed E-state index contributed by atoms with van der Waals surface area (Å²) in [6.07, 6.45) is 1.27. The number of carboxylic acids is 1. The van der Waals surface area contributed by atoms with E-state index in [2.05, 4.69) is 5.32 Å². The predicted molar refractivity (Wildman–Crippen MR) is 99.3 cm³/mol. The van der Waals surface area contributed by atoms with Crippen LogP contribution < -0.4 is 5.32 Å². The van der Waals surface area contributed by atoms with Gasteiger partial charge in [0.1, 0.15) is 0 Å². The number of aliphatic carboxylic acids is 1. The Bertz CT molecular complexity index is 764. The minimum absolute atomic E-state index is 0.0500. The van der Waals surface area contributed by atoms with Crippen LogP contribution in [0.3, 0.4) is 0 Å². The Morgan fingerprint density at radius 1 is 1.04 bits per heavy atom. The highest BCUT2D eigenvalue weighted by Gasteiger charge is 2.41. The van der Waals surface area contributed by atoms with E-state index in [0.717, 1.165) is 5.56 Å². The van der Waals surface area contributed by atoms with Gasteiger partial charge in [0.25, 0.3) is 0 Å². The van der Waals surface area contributed by atoms with Crippen molar-refractivity contribution in [2.75, 3.05) is 18.5 Å². The predicted octanol–water partition coefficient (Wildman–Crippen LogP) is 3.56. The fourth-order valence-electron chi connectivity index (χ4n) is 3.37. The number of ether oxygens (including phenoxy) is 1. The molecule has 1 atom stereocenters. The summed E-state index contributed by atoms with van der Waals surface area (Å²) in [5, 5.41) is 12.1. The van der Waals surface area contributed by atoms with Gasteiger partial charge in [-0.3, -0.25) is 9.59 Å². The molecule has 0 aromatic heterocycles. The minimum Gasteiger partial charge on any atom is -0.481 e. The molecular formula is C21H23NO4. The number of rotatable bonds is 5. The number of benzene rings is 2. The molecule has 2 N–H and O–H groups in total. The van der Waals surface area contributed by atoms with Gasteiger partial charge in [-0.2, -0.15) is 0 Å². The molecule has 1 aliphatic heterocycles. The monoisotopic (exact) mass is 353 g/mol. The molecule has 0 spiro atoms. The molecule has 1 fully saturated rings. The normalized spacial score (nSPS) is 17.3. The van der Waals surface area contributed by atoms with Gasteiger partial charge in [0.2, 0.25) is 5.91 Å². The van der Waals surface area contributed by atoms with E-state index < -0.39 is 17.3 Å². The van der Waals surface area contributed by atoms with E-state index >= 15 is 0 Å². The third-order valence-corrected chi connectivity index (χ3v) is 5.15. The van der Waals surface area contributed by atoms with Crippen molar-refractivity contribution in [3.8, 4) is 0 Å². The third-order valence-electron chi connectivity index (χ3n) is 5.15.